The maximum atomic E-state index is 12.9. The normalized spacial score (nSPS) is 13.4. The highest BCUT2D eigenvalue weighted by Crippen LogP contribution is 2.40. The second-order valence-electron chi connectivity index (χ2n) is 7.84. The van der Waals surface area contributed by atoms with Gasteiger partial charge in [0.05, 0.1) is 11.4 Å². The summed E-state index contributed by atoms with van der Waals surface area (Å²) in [6.45, 7) is 0.384. The van der Waals surface area contributed by atoms with Crippen LogP contribution in [0.2, 0.25) is 5.02 Å². The highest BCUT2D eigenvalue weighted by atomic mass is 35.5. The fraction of sp³-hybridized carbons (Fsp3) is 0.208. The van der Waals surface area contributed by atoms with Gasteiger partial charge in [-0.1, -0.05) is 47.1 Å². The molecule has 156 valence electrons. The molecule has 0 atom stereocenters. The Kier molecular flexibility index (Phi) is 5.08. The van der Waals surface area contributed by atoms with Crippen LogP contribution in [0.15, 0.2) is 71.4 Å². The molecule has 0 bridgehead atoms. The molecule has 2 aromatic heterocycles. The van der Waals surface area contributed by atoms with Crippen LogP contribution in [-0.4, -0.2) is 32.8 Å². The molecular formula is C24H21ClN4O2. The highest BCUT2D eigenvalue weighted by molar-refractivity contribution is 6.30. The van der Waals surface area contributed by atoms with E-state index in [0.717, 1.165) is 41.1 Å². The Hall–Kier alpha value is -3.38. The monoisotopic (exact) mass is 432 g/mol. The van der Waals surface area contributed by atoms with Crippen LogP contribution < -0.4 is 0 Å². The average Bonchev–Trinajstić information content (AvgIpc) is 3.37. The fourth-order valence-corrected chi connectivity index (χ4v) is 3.69. The lowest BCUT2D eigenvalue weighted by Gasteiger charge is -2.15. The van der Waals surface area contributed by atoms with Gasteiger partial charge in [-0.05, 0) is 37.1 Å². The van der Waals surface area contributed by atoms with Crippen molar-refractivity contribution >= 4 is 17.5 Å². The summed E-state index contributed by atoms with van der Waals surface area (Å²) in [5.74, 6) is 1.04. The number of carbonyl (C=O) groups is 1. The molecule has 0 radical (unpaired) electrons. The number of hydrogen-bond donors (Lipinski definition) is 0. The summed E-state index contributed by atoms with van der Waals surface area (Å²) in [5.41, 5.74) is 3.95. The number of nitrogens with zero attached hydrogens (tertiary/aromatic N) is 4. The zero-order chi connectivity index (χ0) is 21.4. The molecule has 0 saturated heterocycles. The van der Waals surface area contributed by atoms with Gasteiger partial charge in [0, 0.05) is 47.9 Å². The fourth-order valence-electron chi connectivity index (χ4n) is 3.56. The zero-order valence-electron chi connectivity index (χ0n) is 17.0. The largest absolute Gasteiger partial charge is 0.360 e. The number of hydrogen-bond acceptors (Lipinski definition) is 4. The first-order chi connectivity index (χ1) is 15.1. The van der Waals surface area contributed by atoms with Gasteiger partial charge in [0.2, 0.25) is 0 Å². The molecule has 0 N–H and O–H groups in total. The number of para-hydroxylation sites is 1. The van der Waals surface area contributed by atoms with Crippen LogP contribution in [-0.2, 0) is 6.54 Å². The molecule has 4 aromatic rings. The van der Waals surface area contributed by atoms with Crippen molar-refractivity contribution in [2.75, 3.05) is 7.05 Å². The first kappa shape index (κ1) is 19.6. The van der Waals surface area contributed by atoms with E-state index in [1.165, 1.54) is 0 Å². The summed E-state index contributed by atoms with van der Waals surface area (Å²) in [7, 11) is 1.76. The van der Waals surface area contributed by atoms with Crippen molar-refractivity contribution < 1.29 is 9.32 Å². The van der Waals surface area contributed by atoms with Crippen molar-refractivity contribution in [1.82, 2.24) is 19.8 Å². The SMILES string of the molecule is CN(Cc1cn(-c2ccccc2)nc1-c1ccc(Cl)cc1)C(=O)c1cc(C2CC2)on1. The van der Waals surface area contributed by atoms with Crippen LogP contribution >= 0.6 is 11.6 Å². The number of amides is 1. The predicted octanol–water partition coefficient (Wildman–Crippen LogP) is 5.33. The molecule has 1 amide bonds. The first-order valence-corrected chi connectivity index (χ1v) is 10.6. The molecule has 1 aliphatic carbocycles. The third-order valence-corrected chi connectivity index (χ3v) is 5.66. The van der Waals surface area contributed by atoms with E-state index in [1.54, 1.807) is 18.0 Å². The maximum absolute atomic E-state index is 12.9. The Balaban J connectivity index is 1.45. The standard InChI is InChI=1S/C24H21ClN4O2/c1-28(24(30)21-13-22(31-27-21)16-7-8-16)14-18-15-29(20-5-3-2-4-6-20)26-23(18)17-9-11-19(25)12-10-17/h2-6,9-13,15-16H,7-8,14H2,1H3. The van der Waals surface area contributed by atoms with E-state index >= 15 is 0 Å². The first-order valence-electron chi connectivity index (χ1n) is 10.2. The highest BCUT2D eigenvalue weighted by Gasteiger charge is 2.29. The van der Waals surface area contributed by atoms with Crippen molar-refractivity contribution in [2.45, 2.75) is 25.3 Å². The van der Waals surface area contributed by atoms with Gasteiger partial charge in [0.1, 0.15) is 5.76 Å². The molecule has 0 aliphatic heterocycles. The van der Waals surface area contributed by atoms with Gasteiger partial charge in [-0.25, -0.2) is 4.68 Å². The molecule has 1 aliphatic rings. The second-order valence-corrected chi connectivity index (χ2v) is 8.28. The molecule has 6 nitrogen and oxygen atoms in total. The zero-order valence-corrected chi connectivity index (χ0v) is 17.8. The lowest BCUT2D eigenvalue weighted by molar-refractivity contribution is 0.0775. The van der Waals surface area contributed by atoms with E-state index in [0.29, 0.717) is 23.2 Å². The molecule has 1 fully saturated rings. The van der Waals surface area contributed by atoms with Crippen LogP contribution in [0, 0.1) is 0 Å². The van der Waals surface area contributed by atoms with Gasteiger partial charge < -0.3 is 9.42 Å². The Labute approximate surface area is 185 Å². The van der Waals surface area contributed by atoms with Gasteiger partial charge >= 0.3 is 0 Å². The molecule has 31 heavy (non-hydrogen) atoms. The van der Waals surface area contributed by atoms with Crippen molar-refractivity contribution in [1.29, 1.82) is 0 Å². The van der Waals surface area contributed by atoms with Gasteiger partial charge in [-0.3, -0.25) is 4.79 Å². The molecule has 0 unspecified atom stereocenters. The third kappa shape index (κ3) is 4.11. The molecule has 1 saturated carbocycles. The lowest BCUT2D eigenvalue weighted by Crippen LogP contribution is -2.26. The van der Waals surface area contributed by atoms with Crippen molar-refractivity contribution in [3.63, 3.8) is 0 Å². The van der Waals surface area contributed by atoms with Crippen LogP contribution in [0.25, 0.3) is 16.9 Å². The molecule has 5 rings (SSSR count). The van der Waals surface area contributed by atoms with Crippen molar-refractivity contribution in [3.05, 3.63) is 88.9 Å². The van der Waals surface area contributed by atoms with Crippen LogP contribution in [0.3, 0.4) is 0 Å². The summed E-state index contributed by atoms with van der Waals surface area (Å²) >= 11 is 6.07. The Morgan fingerprint density at radius 3 is 2.61 bits per heavy atom. The maximum Gasteiger partial charge on any atom is 0.276 e. The third-order valence-electron chi connectivity index (χ3n) is 5.41. The number of aromatic nitrogens is 3. The Morgan fingerprint density at radius 1 is 1.16 bits per heavy atom. The minimum atomic E-state index is -0.176. The summed E-state index contributed by atoms with van der Waals surface area (Å²) in [4.78, 5) is 14.6. The number of benzene rings is 2. The van der Waals surface area contributed by atoms with E-state index in [2.05, 4.69) is 5.16 Å². The molecule has 2 heterocycles. The second kappa shape index (κ2) is 8.04. The van der Waals surface area contributed by atoms with E-state index in [-0.39, 0.29) is 5.91 Å². The molecule has 2 aromatic carbocycles. The molecular weight excluding hydrogens is 412 g/mol. The van der Waals surface area contributed by atoms with E-state index < -0.39 is 0 Å². The van der Waals surface area contributed by atoms with Gasteiger partial charge in [0.25, 0.3) is 5.91 Å². The average molecular weight is 433 g/mol. The number of rotatable bonds is 6. The molecule has 7 heteroatoms. The van der Waals surface area contributed by atoms with E-state index in [9.17, 15) is 4.79 Å². The smallest absolute Gasteiger partial charge is 0.276 e. The number of halogens is 1. The van der Waals surface area contributed by atoms with E-state index in [4.69, 9.17) is 21.2 Å². The number of carbonyl (C=O) groups excluding carboxylic acids is 1. The van der Waals surface area contributed by atoms with Crippen molar-refractivity contribution in [3.8, 4) is 16.9 Å². The van der Waals surface area contributed by atoms with Crippen LogP contribution in [0.5, 0.6) is 0 Å². The minimum Gasteiger partial charge on any atom is -0.360 e. The topological polar surface area (TPSA) is 64.2 Å². The Bertz CT molecular complexity index is 1210. The van der Waals surface area contributed by atoms with Crippen molar-refractivity contribution in [2.24, 2.45) is 0 Å². The van der Waals surface area contributed by atoms with Gasteiger partial charge in [0.15, 0.2) is 5.69 Å². The summed E-state index contributed by atoms with van der Waals surface area (Å²) in [6, 6.07) is 19.2. The minimum absolute atomic E-state index is 0.176. The van der Waals surface area contributed by atoms with Crippen LogP contribution in [0.4, 0.5) is 0 Å². The quantitative estimate of drug-likeness (QED) is 0.413. The lowest BCUT2D eigenvalue weighted by atomic mass is 10.1. The van der Waals surface area contributed by atoms with Gasteiger partial charge in [-0.15, -0.1) is 0 Å². The summed E-state index contributed by atoms with van der Waals surface area (Å²) in [5, 5.41) is 9.45. The summed E-state index contributed by atoms with van der Waals surface area (Å²) in [6.07, 6.45) is 4.16. The predicted molar refractivity (Wildman–Crippen MR) is 118 cm³/mol. The van der Waals surface area contributed by atoms with E-state index in [1.807, 2.05) is 65.5 Å². The molecule has 0 spiro atoms. The Morgan fingerprint density at radius 2 is 1.90 bits per heavy atom. The van der Waals surface area contributed by atoms with Gasteiger partial charge in [-0.2, -0.15) is 5.10 Å². The summed E-state index contributed by atoms with van der Waals surface area (Å²) < 4.78 is 7.18. The van der Waals surface area contributed by atoms with Crippen LogP contribution in [0.1, 0.15) is 40.6 Å².